The molecule has 0 aliphatic rings. The van der Waals surface area contributed by atoms with E-state index in [-0.39, 0.29) is 21.6 Å². The molecule has 1 aromatic carbocycles. The van der Waals surface area contributed by atoms with E-state index in [1.807, 2.05) is 6.92 Å². The van der Waals surface area contributed by atoms with Crippen LogP contribution in [0, 0.1) is 0 Å². The fourth-order valence-corrected chi connectivity index (χ4v) is 2.87. The molecule has 8 heteroatoms. The number of nitrogens with two attached hydrogens (primary N) is 2. The maximum absolute atomic E-state index is 12.4. The average Bonchev–Trinajstić information content (AvgIpc) is 2.39. The largest absolute Gasteiger partial charge is 0.494 e. The predicted octanol–water partition coefficient (Wildman–Crippen LogP) is 0.872. The fourth-order valence-electron chi connectivity index (χ4n) is 1.61. The Hall–Kier alpha value is -2.35. The number of nitrogens with zero attached hydrogens (tertiary/aromatic N) is 2. The van der Waals surface area contributed by atoms with Gasteiger partial charge in [-0.2, -0.15) is 4.98 Å². The van der Waals surface area contributed by atoms with Gasteiger partial charge in [0.05, 0.1) is 17.7 Å². The minimum Gasteiger partial charge on any atom is -0.494 e. The third kappa shape index (κ3) is 2.64. The van der Waals surface area contributed by atoms with Gasteiger partial charge >= 0.3 is 0 Å². The SMILES string of the molecule is CCOc1ccc(S(=O)(=O)c2cnc(N)nc2N)cc1. The van der Waals surface area contributed by atoms with Crippen LogP contribution in [0.2, 0.25) is 0 Å². The van der Waals surface area contributed by atoms with Crippen LogP contribution >= 0.6 is 0 Å². The van der Waals surface area contributed by atoms with Gasteiger partial charge in [0.15, 0.2) is 0 Å². The molecule has 0 saturated heterocycles. The fraction of sp³-hybridized carbons (Fsp3) is 0.167. The molecule has 2 rings (SSSR count). The highest BCUT2D eigenvalue weighted by molar-refractivity contribution is 7.91. The molecule has 1 heterocycles. The highest BCUT2D eigenvalue weighted by Gasteiger charge is 2.22. The second kappa shape index (κ2) is 5.33. The van der Waals surface area contributed by atoms with Gasteiger partial charge in [-0.15, -0.1) is 0 Å². The Morgan fingerprint density at radius 1 is 1.20 bits per heavy atom. The molecule has 0 radical (unpaired) electrons. The topological polar surface area (TPSA) is 121 Å². The third-order valence-electron chi connectivity index (χ3n) is 2.54. The molecule has 20 heavy (non-hydrogen) atoms. The third-order valence-corrected chi connectivity index (χ3v) is 4.32. The Bertz CT molecular complexity index is 714. The lowest BCUT2D eigenvalue weighted by Gasteiger charge is -2.08. The molecule has 0 atom stereocenters. The summed E-state index contributed by atoms with van der Waals surface area (Å²) in [5, 5.41) is 0. The van der Waals surface area contributed by atoms with E-state index in [1.165, 1.54) is 12.1 Å². The lowest BCUT2D eigenvalue weighted by molar-refractivity contribution is 0.340. The predicted molar refractivity (Wildman–Crippen MR) is 73.9 cm³/mol. The van der Waals surface area contributed by atoms with Crippen molar-refractivity contribution in [1.82, 2.24) is 9.97 Å². The Balaban J connectivity index is 2.44. The minimum atomic E-state index is -3.78. The molecular formula is C12H14N4O3S. The van der Waals surface area contributed by atoms with Crippen molar-refractivity contribution in [3.63, 3.8) is 0 Å². The lowest BCUT2D eigenvalue weighted by Crippen LogP contribution is -2.09. The van der Waals surface area contributed by atoms with Crippen LogP contribution in [0.15, 0.2) is 40.3 Å². The number of anilines is 2. The highest BCUT2D eigenvalue weighted by atomic mass is 32.2. The van der Waals surface area contributed by atoms with Gasteiger partial charge in [0.1, 0.15) is 16.5 Å². The summed E-state index contributed by atoms with van der Waals surface area (Å²) < 4.78 is 30.0. The number of nitrogen functional groups attached to an aromatic ring is 2. The van der Waals surface area contributed by atoms with Crippen LogP contribution in [-0.2, 0) is 9.84 Å². The first kappa shape index (κ1) is 14.1. The average molecular weight is 294 g/mol. The molecule has 0 aliphatic heterocycles. The number of sulfone groups is 1. The van der Waals surface area contributed by atoms with Crippen molar-refractivity contribution in [1.29, 1.82) is 0 Å². The molecule has 2 aromatic rings. The van der Waals surface area contributed by atoms with E-state index in [0.29, 0.717) is 12.4 Å². The standard InChI is InChI=1S/C12H14N4O3S/c1-2-19-8-3-5-9(6-4-8)20(17,18)10-7-15-12(14)16-11(10)13/h3-7H,2H2,1H3,(H4,13,14,15,16). The summed E-state index contributed by atoms with van der Waals surface area (Å²) >= 11 is 0. The molecular weight excluding hydrogens is 280 g/mol. The number of ether oxygens (including phenoxy) is 1. The monoisotopic (exact) mass is 294 g/mol. The first-order valence-corrected chi connectivity index (χ1v) is 7.29. The Kier molecular flexibility index (Phi) is 3.75. The van der Waals surface area contributed by atoms with Crippen molar-refractivity contribution in [2.45, 2.75) is 16.7 Å². The molecule has 4 N–H and O–H groups in total. The summed E-state index contributed by atoms with van der Waals surface area (Å²) in [6.45, 7) is 2.35. The van der Waals surface area contributed by atoms with Crippen LogP contribution < -0.4 is 16.2 Å². The first-order valence-electron chi connectivity index (χ1n) is 5.81. The van der Waals surface area contributed by atoms with E-state index in [0.717, 1.165) is 6.20 Å². The Labute approximate surface area is 116 Å². The number of hydrogen-bond donors (Lipinski definition) is 2. The van der Waals surface area contributed by atoms with Gasteiger partial charge in [-0.3, -0.25) is 0 Å². The van der Waals surface area contributed by atoms with Crippen LogP contribution in [0.25, 0.3) is 0 Å². The maximum Gasteiger partial charge on any atom is 0.221 e. The molecule has 0 saturated carbocycles. The summed E-state index contributed by atoms with van der Waals surface area (Å²) in [5.41, 5.74) is 10.9. The van der Waals surface area contributed by atoms with Crippen LogP contribution in [0.1, 0.15) is 6.92 Å². The van der Waals surface area contributed by atoms with Crippen molar-refractivity contribution in [2.75, 3.05) is 18.1 Å². The van der Waals surface area contributed by atoms with Gasteiger partial charge in [0, 0.05) is 0 Å². The molecule has 0 amide bonds. The summed E-state index contributed by atoms with van der Waals surface area (Å²) in [6, 6.07) is 6.03. The maximum atomic E-state index is 12.4. The van der Waals surface area contributed by atoms with Crippen molar-refractivity contribution < 1.29 is 13.2 Å². The van der Waals surface area contributed by atoms with E-state index in [2.05, 4.69) is 9.97 Å². The normalized spacial score (nSPS) is 11.2. The van der Waals surface area contributed by atoms with E-state index < -0.39 is 9.84 Å². The van der Waals surface area contributed by atoms with Crippen molar-refractivity contribution in [3.05, 3.63) is 30.5 Å². The Morgan fingerprint density at radius 3 is 2.40 bits per heavy atom. The molecule has 0 fully saturated rings. The van der Waals surface area contributed by atoms with E-state index >= 15 is 0 Å². The van der Waals surface area contributed by atoms with Gasteiger partial charge in [0.25, 0.3) is 0 Å². The van der Waals surface area contributed by atoms with Gasteiger partial charge in [-0.1, -0.05) is 0 Å². The summed E-state index contributed by atoms with van der Waals surface area (Å²) in [4.78, 5) is 7.23. The van der Waals surface area contributed by atoms with Crippen LogP contribution in [-0.4, -0.2) is 25.0 Å². The molecule has 0 spiro atoms. The lowest BCUT2D eigenvalue weighted by atomic mass is 10.3. The summed E-state index contributed by atoms with van der Waals surface area (Å²) in [6.07, 6.45) is 1.10. The highest BCUT2D eigenvalue weighted by Crippen LogP contribution is 2.25. The molecule has 7 nitrogen and oxygen atoms in total. The van der Waals surface area contributed by atoms with Crippen LogP contribution in [0.3, 0.4) is 0 Å². The number of benzene rings is 1. The van der Waals surface area contributed by atoms with E-state index in [4.69, 9.17) is 16.2 Å². The molecule has 0 aliphatic carbocycles. The van der Waals surface area contributed by atoms with E-state index in [1.54, 1.807) is 12.1 Å². The molecule has 106 valence electrons. The van der Waals surface area contributed by atoms with Crippen LogP contribution in [0.5, 0.6) is 5.75 Å². The number of hydrogen-bond acceptors (Lipinski definition) is 7. The summed E-state index contributed by atoms with van der Waals surface area (Å²) in [5.74, 6) is 0.340. The first-order chi connectivity index (χ1) is 9.45. The van der Waals surface area contributed by atoms with Gasteiger partial charge in [0.2, 0.25) is 15.8 Å². The summed E-state index contributed by atoms with van der Waals surface area (Å²) in [7, 11) is -3.78. The minimum absolute atomic E-state index is 0.0758. The smallest absolute Gasteiger partial charge is 0.221 e. The van der Waals surface area contributed by atoms with Gasteiger partial charge in [-0.25, -0.2) is 13.4 Å². The zero-order chi connectivity index (χ0) is 14.8. The zero-order valence-electron chi connectivity index (χ0n) is 10.8. The molecule has 0 bridgehead atoms. The van der Waals surface area contributed by atoms with Crippen molar-refractivity contribution in [2.24, 2.45) is 0 Å². The van der Waals surface area contributed by atoms with Gasteiger partial charge < -0.3 is 16.2 Å². The second-order valence-corrected chi connectivity index (χ2v) is 5.80. The van der Waals surface area contributed by atoms with Gasteiger partial charge in [-0.05, 0) is 31.2 Å². The van der Waals surface area contributed by atoms with E-state index in [9.17, 15) is 8.42 Å². The molecule has 1 aromatic heterocycles. The van der Waals surface area contributed by atoms with Crippen molar-refractivity contribution >= 4 is 21.6 Å². The van der Waals surface area contributed by atoms with Crippen molar-refractivity contribution in [3.8, 4) is 5.75 Å². The number of rotatable bonds is 4. The Morgan fingerprint density at radius 2 is 1.85 bits per heavy atom. The number of aromatic nitrogens is 2. The molecule has 0 unspecified atom stereocenters. The zero-order valence-corrected chi connectivity index (χ0v) is 11.6. The van der Waals surface area contributed by atoms with Crippen LogP contribution in [0.4, 0.5) is 11.8 Å². The second-order valence-electron chi connectivity index (χ2n) is 3.89. The quantitative estimate of drug-likeness (QED) is 0.858.